The topological polar surface area (TPSA) is 52.0 Å². The second kappa shape index (κ2) is 3.40. The summed E-state index contributed by atoms with van der Waals surface area (Å²) in [4.78, 5) is 0. The fraction of sp³-hybridized carbons (Fsp3) is 0.222. The lowest BCUT2D eigenvalue weighted by Crippen LogP contribution is -2.07. The number of rotatable bonds is 2. The van der Waals surface area contributed by atoms with Gasteiger partial charge in [-0.3, -0.25) is 0 Å². The van der Waals surface area contributed by atoms with Crippen molar-refractivity contribution in [2.45, 2.75) is 5.25 Å². The fourth-order valence-corrected chi connectivity index (χ4v) is 1.44. The molecule has 1 aromatic carbocycles. The predicted octanol–water partition coefficient (Wildman–Crippen LogP) is 1.76. The van der Waals surface area contributed by atoms with Crippen LogP contribution >= 0.6 is 12.6 Å². The molecule has 0 aliphatic carbocycles. The molecule has 0 fully saturated rings. The Morgan fingerprint density at radius 2 is 2.23 bits per heavy atom. The summed E-state index contributed by atoms with van der Waals surface area (Å²) in [7, 11) is 0. The zero-order valence-corrected chi connectivity index (χ0v) is 7.87. The van der Waals surface area contributed by atoms with Gasteiger partial charge in [-0.05, 0) is 12.1 Å². The van der Waals surface area contributed by atoms with E-state index in [1.165, 1.54) is 0 Å². The lowest BCUT2D eigenvalue weighted by molar-refractivity contribution is 0.446. The standard InChI is InChI=1S/C9H10N2OS/c10-5-8(13)9-6-3-1-2-4-7(6)12-11-9/h1-4,8,13H,5,10H2. The van der Waals surface area contributed by atoms with Crippen molar-refractivity contribution >= 4 is 23.6 Å². The van der Waals surface area contributed by atoms with Gasteiger partial charge in [0.2, 0.25) is 0 Å². The summed E-state index contributed by atoms with van der Waals surface area (Å²) in [5.74, 6) is 0. The Kier molecular flexibility index (Phi) is 2.24. The number of nitrogens with zero attached hydrogens (tertiary/aromatic N) is 1. The third-order valence-corrected chi connectivity index (χ3v) is 2.40. The smallest absolute Gasteiger partial charge is 0.167 e. The predicted molar refractivity (Wildman–Crippen MR) is 54.8 cm³/mol. The number of para-hydroxylation sites is 1. The minimum Gasteiger partial charge on any atom is -0.356 e. The van der Waals surface area contributed by atoms with Crippen molar-refractivity contribution in [2.24, 2.45) is 5.73 Å². The Balaban J connectivity index is 2.57. The maximum absolute atomic E-state index is 5.50. The summed E-state index contributed by atoms with van der Waals surface area (Å²) in [6.45, 7) is 0.458. The van der Waals surface area contributed by atoms with Gasteiger partial charge in [0.1, 0.15) is 5.69 Å². The van der Waals surface area contributed by atoms with Gasteiger partial charge in [0.25, 0.3) is 0 Å². The summed E-state index contributed by atoms with van der Waals surface area (Å²) < 4.78 is 5.12. The highest BCUT2D eigenvalue weighted by Gasteiger charge is 2.13. The Morgan fingerprint density at radius 3 is 3.00 bits per heavy atom. The van der Waals surface area contributed by atoms with Crippen molar-refractivity contribution in [3.8, 4) is 0 Å². The Morgan fingerprint density at radius 1 is 1.46 bits per heavy atom. The summed E-state index contributed by atoms with van der Waals surface area (Å²) in [6.07, 6.45) is 0. The lowest BCUT2D eigenvalue weighted by Gasteiger charge is -2.01. The van der Waals surface area contributed by atoms with E-state index in [2.05, 4.69) is 17.8 Å². The molecule has 0 saturated heterocycles. The minimum atomic E-state index is -0.0522. The van der Waals surface area contributed by atoms with Crippen LogP contribution in [-0.4, -0.2) is 11.7 Å². The van der Waals surface area contributed by atoms with Crippen LogP contribution in [-0.2, 0) is 0 Å². The number of benzene rings is 1. The van der Waals surface area contributed by atoms with E-state index in [1.54, 1.807) is 0 Å². The second-order valence-corrected chi connectivity index (χ2v) is 3.44. The van der Waals surface area contributed by atoms with Crippen LogP contribution in [0.2, 0.25) is 0 Å². The molecule has 0 spiro atoms. The van der Waals surface area contributed by atoms with Gasteiger partial charge in [0.15, 0.2) is 5.58 Å². The highest BCUT2D eigenvalue weighted by molar-refractivity contribution is 7.80. The molecular formula is C9H10N2OS. The van der Waals surface area contributed by atoms with Crippen molar-refractivity contribution in [1.82, 2.24) is 5.16 Å². The molecule has 0 amide bonds. The van der Waals surface area contributed by atoms with Gasteiger partial charge in [-0.25, -0.2) is 0 Å². The SMILES string of the molecule is NCC(S)c1noc2ccccc12. The van der Waals surface area contributed by atoms with Gasteiger partial charge < -0.3 is 10.3 Å². The van der Waals surface area contributed by atoms with Crippen LogP contribution in [0.15, 0.2) is 28.8 Å². The molecular weight excluding hydrogens is 184 g/mol. The lowest BCUT2D eigenvalue weighted by atomic mass is 10.2. The first-order chi connectivity index (χ1) is 6.33. The number of thiol groups is 1. The average Bonchev–Trinajstić information content (AvgIpc) is 2.60. The van der Waals surface area contributed by atoms with Crippen molar-refractivity contribution in [3.63, 3.8) is 0 Å². The van der Waals surface area contributed by atoms with E-state index >= 15 is 0 Å². The molecule has 3 nitrogen and oxygen atoms in total. The van der Waals surface area contributed by atoms with E-state index in [1.807, 2.05) is 24.3 Å². The quantitative estimate of drug-likeness (QED) is 0.716. The number of nitrogens with two attached hydrogens (primary N) is 1. The summed E-state index contributed by atoms with van der Waals surface area (Å²) >= 11 is 4.31. The van der Waals surface area contributed by atoms with E-state index in [0.29, 0.717) is 6.54 Å². The molecule has 1 aromatic heterocycles. The maximum atomic E-state index is 5.50. The zero-order valence-electron chi connectivity index (χ0n) is 6.97. The molecule has 4 heteroatoms. The van der Waals surface area contributed by atoms with Crippen LogP contribution < -0.4 is 5.73 Å². The molecule has 68 valence electrons. The van der Waals surface area contributed by atoms with Gasteiger partial charge in [-0.2, -0.15) is 12.6 Å². The van der Waals surface area contributed by atoms with Gasteiger partial charge >= 0.3 is 0 Å². The Hall–Kier alpha value is -1.00. The highest BCUT2D eigenvalue weighted by Crippen LogP contribution is 2.26. The third kappa shape index (κ3) is 1.43. The van der Waals surface area contributed by atoms with Crippen LogP contribution in [0.25, 0.3) is 11.0 Å². The van der Waals surface area contributed by atoms with Crippen LogP contribution in [0.3, 0.4) is 0 Å². The van der Waals surface area contributed by atoms with Crippen molar-refractivity contribution < 1.29 is 4.52 Å². The summed E-state index contributed by atoms with van der Waals surface area (Å²) in [5, 5.41) is 4.88. The average molecular weight is 194 g/mol. The highest BCUT2D eigenvalue weighted by atomic mass is 32.1. The first-order valence-electron chi connectivity index (χ1n) is 4.05. The van der Waals surface area contributed by atoms with Crippen LogP contribution in [0, 0.1) is 0 Å². The van der Waals surface area contributed by atoms with Crippen molar-refractivity contribution in [3.05, 3.63) is 30.0 Å². The molecule has 1 heterocycles. The molecule has 1 atom stereocenters. The monoisotopic (exact) mass is 194 g/mol. The fourth-order valence-electron chi connectivity index (χ4n) is 1.26. The maximum Gasteiger partial charge on any atom is 0.167 e. The Bertz CT molecular complexity index is 413. The normalized spacial score (nSPS) is 13.4. The number of aromatic nitrogens is 1. The first kappa shape index (κ1) is 8.59. The van der Waals surface area contributed by atoms with Crippen molar-refractivity contribution in [2.75, 3.05) is 6.54 Å². The number of hydrogen-bond acceptors (Lipinski definition) is 4. The molecule has 0 saturated carbocycles. The molecule has 13 heavy (non-hydrogen) atoms. The molecule has 1 unspecified atom stereocenters. The van der Waals surface area contributed by atoms with E-state index in [4.69, 9.17) is 10.3 Å². The number of fused-ring (bicyclic) bond motifs is 1. The third-order valence-electron chi connectivity index (χ3n) is 1.94. The van der Waals surface area contributed by atoms with Crippen LogP contribution in [0.4, 0.5) is 0 Å². The van der Waals surface area contributed by atoms with Gasteiger partial charge in [-0.15, -0.1) is 0 Å². The van der Waals surface area contributed by atoms with E-state index in [9.17, 15) is 0 Å². The molecule has 0 bridgehead atoms. The first-order valence-corrected chi connectivity index (χ1v) is 4.57. The van der Waals surface area contributed by atoms with Gasteiger partial charge in [0.05, 0.1) is 5.25 Å². The molecule has 2 N–H and O–H groups in total. The molecule has 2 rings (SSSR count). The largest absolute Gasteiger partial charge is 0.356 e. The second-order valence-electron chi connectivity index (χ2n) is 2.82. The molecule has 2 aromatic rings. The van der Waals surface area contributed by atoms with Gasteiger partial charge in [-0.1, -0.05) is 17.3 Å². The minimum absolute atomic E-state index is 0.0522. The molecule has 0 radical (unpaired) electrons. The van der Waals surface area contributed by atoms with Crippen LogP contribution in [0.1, 0.15) is 10.9 Å². The summed E-state index contributed by atoms with van der Waals surface area (Å²) in [5.41, 5.74) is 7.10. The molecule has 0 aliphatic heterocycles. The Labute approximate surface area is 81.3 Å². The summed E-state index contributed by atoms with van der Waals surface area (Å²) in [6, 6.07) is 7.69. The van der Waals surface area contributed by atoms with E-state index < -0.39 is 0 Å². The van der Waals surface area contributed by atoms with Gasteiger partial charge in [0, 0.05) is 11.9 Å². The van der Waals surface area contributed by atoms with Crippen LogP contribution in [0.5, 0.6) is 0 Å². The number of hydrogen-bond donors (Lipinski definition) is 2. The van der Waals surface area contributed by atoms with E-state index in [-0.39, 0.29) is 5.25 Å². The zero-order chi connectivity index (χ0) is 9.26. The van der Waals surface area contributed by atoms with Crippen molar-refractivity contribution in [1.29, 1.82) is 0 Å². The van der Waals surface area contributed by atoms with E-state index in [0.717, 1.165) is 16.7 Å². The molecule has 0 aliphatic rings.